The van der Waals surface area contributed by atoms with Crippen molar-refractivity contribution in [3.63, 3.8) is 0 Å². The second kappa shape index (κ2) is 9.71. The first-order valence-electron chi connectivity index (χ1n) is 9.33. The third kappa shape index (κ3) is 6.34. The van der Waals surface area contributed by atoms with Gasteiger partial charge < -0.3 is 0 Å². The maximum Gasteiger partial charge on any atom is 0.199 e. The summed E-state index contributed by atoms with van der Waals surface area (Å²) < 4.78 is 12.7. The van der Waals surface area contributed by atoms with E-state index in [1.807, 2.05) is 0 Å². The summed E-state index contributed by atoms with van der Waals surface area (Å²) in [7, 11) is 0. The quantitative estimate of drug-likeness (QED) is 0.323. The van der Waals surface area contributed by atoms with Crippen LogP contribution in [0.5, 0.6) is 0 Å². The summed E-state index contributed by atoms with van der Waals surface area (Å²) in [6.07, 6.45) is 21.8. The van der Waals surface area contributed by atoms with E-state index in [9.17, 15) is 4.39 Å². The zero-order chi connectivity index (χ0) is 16.5. The minimum Gasteiger partial charge on any atom is -0.195 e. The number of nitrogens with zero attached hydrogens (tertiary/aromatic N) is 1. The van der Waals surface area contributed by atoms with Crippen molar-refractivity contribution in [2.24, 2.45) is 23.7 Å². The molecule has 2 rings (SSSR count). The largest absolute Gasteiger partial charge is 0.199 e. The molecule has 0 aromatic carbocycles. The van der Waals surface area contributed by atoms with Gasteiger partial charge in [-0.05, 0) is 81.1 Å². The molecule has 0 bridgehead atoms. The maximum atomic E-state index is 12.7. The summed E-state index contributed by atoms with van der Waals surface area (Å²) in [6, 6.07) is 1.50. The zero-order valence-corrected chi connectivity index (χ0v) is 14.4. The molecule has 0 unspecified atom stereocenters. The van der Waals surface area contributed by atoms with E-state index in [1.165, 1.54) is 69.9 Å². The minimum atomic E-state index is -0.712. The topological polar surface area (TPSA) is 23.8 Å². The molecule has 126 valence electrons. The fourth-order valence-corrected chi connectivity index (χ4v) is 3.97. The van der Waals surface area contributed by atoms with Crippen molar-refractivity contribution >= 4 is 0 Å². The Labute approximate surface area is 141 Å². The molecule has 0 radical (unpaired) electrons. The lowest BCUT2D eigenvalue weighted by Gasteiger charge is -2.27. The van der Waals surface area contributed by atoms with Crippen LogP contribution >= 0.6 is 0 Å². The number of rotatable bonds is 5. The predicted molar refractivity (Wildman–Crippen MR) is 94.3 cm³/mol. The molecule has 0 spiro atoms. The summed E-state index contributed by atoms with van der Waals surface area (Å²) in [5, 5.41) is 8.37. The van der Waals surface area contributed by atoms with Crippen LogP contribution in [-0.4, -0.2) is 0 Å². The van der Waals surface area contributed by atoms with Crippen molar-refractivity contribution in [2.45, 2.75) is 64.7 Å². The third-order valence-corrected chi connectivity index (χ3v) is 5.67. The average molecular weight is 315 g/mol. The molecule has 2 aliphatic rings. The lowest BCUT2D eigenvalue weighted by molar-refractivity contribution is 0.301. The molecule has 2 aliphatic carbocycles. The monoisotopic (exact) mass is 315 g/mol. The molecule has 0 saturated heterocycles. The summed E-state index contributed by atoms with van der Waals surface area (Å²) in [6.45, 7) is 2.32. The highest BCUT2D eigenvalue weighted by Crippen LogP contribution is 2.34. The Kier molecular flexibility index (Phi) is 7.59. The van der Waals surface area contributed by atoms with Crippen molar-refractivity contribution in [3.05, 3.63) is 36.2 Å². The number of allylic oxidation sites excluding steroid dienone is 6. The molecular weight excluding hydrogens is 285 g/mol. The Morgan fingerprint density at radius 2 is 1.39 bits per heavy atom. The molecular formula is C21H30FN. The van der Waals surface area contributed by atoms with Crippen molar-refractivity contribution in [2.75, 3.05) is 0 Å². The van der Waals surface area contributed by atoms with Gasteiger partial charge in [0.2, 0.25) is 0 Å². The molecule has 0 aliphatic heterocycles. The number of hydrogen-bond donors (Lipinski definition) is 0. The summed E-state index contributed by atoms with van der Waals surface area (Å²) in [4.78, 5) is 0. The normalized spacial score (nSPS) is 33.2. The molecule has 0 aromatic heterocycles. The van der Waals surface area contributed by atoms with E-state index in [-0.39, 0.29) is 0 Å². The van der Waals surface area contributed by atoms with Gasteiger partial charge in [0.05, 0.1) is 0 Å². The van der Waals surface area contributed by atoms with Gasteiger partial charge in [-0.25, -0.2) is 0 Å². The maximum absolute atomic E-state index is 12.7. The van der Waals surface area contributed by atoms with Crippen LogP contribution in [0.2, 0.25) is 0 Å². The SMILES string of the molecule is CC[C@H]1CC[C@H](/C=C/[C@H]2CC[C@H](/C=C/C=C(\F)C#N)CC2)CC1. The van der Waals surface area contributed by atoms with Crippen LogP contribution < -0.4 is 0 Å². The van der Waals surface area contributed by atoms with Crippen molar-refractivity contribution in [1.29, 1.82) is 5.26 Å². The van der Waals surface area contributed by atoms with Gasteiger partial charge in [0.15, 0.2) is 5.83 Å². The highest BCUT2D eigenvalue weighted by Gasteiger charge is 2.20. The molecule has 0 atom stereocenters. The van der Waals surface area contributed by atoms with E-state index >= 15 is 0 Å². The van der Waals surface area contributed by atoms with E-state index in [1.54, 1.807) is 6.08 Å². The Morgan fingerprint density at radius 3 is 1.87 bits per heavy atom. The summed E-state index contributed by atoms with van der Waals surface area (Å²) in [5.74, 6) is 2.35. The molecule has 23 heavy (non-hydrogen) atoms. The second-order valence-electron chi connectivity index (χ2n) is 7.26. The van der Waals surface area contributed by atoms with E-state index in [0.717, 1.165) is 17.8 Å². The molecule has 0 N–H and O–H groups in total. The number of halogens is 1. The van der Waals surface area contributed by atoms with Crippen molar-refractivity contribution in [3.8, 4) is 6.07 Å². The highest BCUT2D eigenvalue weighted by molar-refractivity contribution is 5.19. The smallest absolute Gasteiger partial charge is 0.195 e. The Balaban J connectivity index is 1.69. The lowest BCUT2D eigenvalue weighted by Crippen LogP contribution is -2.14. The first-order valence-corrected chi connectivity index (χ1v) is 9.33. The fourth-order valence-electron chi connectivity index (χ4n) is 3.97. The van der Waals surface area contributed by atoms with Crippen LogP contribution in [0.25, 0.3) is 0 Å². The Hall–Kier alpha value is -1.36. The van der Waals surface area contributed by atoms with Crippen LogP contribution in [0.1, 0.15) is 64.7 Å². The second-order valence-corrected chi connectivity index (χ2v) is 7.26. The molecule has 0 aromatic rings. The van der Waals surface area contributed by atoms with E-state index in [0.29, 0.717) is 5.92 Å². The molecule has 2 fully saturated rings. The lowest BCUT2D eigenvalue weighted by atomic mass is 9.78. The molecule has 2 heteroatoms. The highest BCUT2D eigenvalue weighted by atomic mass is 19.1. The van der Waals surface area contributed by atoms with Gasteiger partial charge >= 0.3 is 0 Å². The Morgan fingerprint density at radius 1 is 0.913 bits per heavy atom. The predicted octanol–water partition coefficient (Wildman–Crippen LogP) is 6.50. The van der Waals surface area contributed by atoms with E-state index in [2.05, 4.69) is 25.2 Å². The first kappa shape index (κ1) is 18.0. The number of nitriles is 1. The van der Waals surface area contributed by atoms with Gasteiger partial charge in [-0.2, -0.15) is 9.65 Å². The van der Waals surface area contributed by atoms with Crippen LogP contribution in [-0.2, 0) is 0 Å². The minimum absolute atomic E-state index is 0.544. The van der Waals surface area contributed by atoms with E-state index < -0.39 is 5.83 Å². The Bertz CT molecular complexity index is 467. The molecule has 0 amide bonds. The van der Waals surface area contributed by atoms with Gasteiger partial charge in [-0.1, -0.05) is 37.6 Å². The summed E-state index contributed by atoms with van der Waals surface area (Å²) >= 11 is 0. The van der Waals surface area contributed by atoms with Crippen molar-refractivity contribution < 1.29 is 4.39 Å². The third-order valence-electron chi connectivity index (χ3n) is 5.67. The van der Waals surface area contributed by atoms with Crippen LogP contribution in [0.3, 0.4) is 0 Å². The fraction of sp³-hybridized carbons (Fsp3) is 0.667. The standard InChI is InChI=1S/C21H30FN/c1-2-17-6-8-19(9-7-17)14-15-20-12-10-18(11-13-20)4-3-5-21(22)16-23/h3-5,14-15,17-20H,2,6-13H2,1H3/b4-3+,15-14+,21-5-/t17-,18-,19-,20-. The van der Waals surface area contributed by atoms with E-state index in [4.69, 9.17) is 5.26 Å². The van der Waals surface area contributed by atoms with Gasteiger partial charge in [0.25, 0.3) is 0 Å². The molecule has 2 saturated carbocycles. The van der Waals surface area contributed by atoms with Crippen LogP contribution in [0.15, 0.2) is 36.2 Å². The van der Waals surface area contributed by atoms with Gasteiger partial charge in [-0.3, -0.25) is 0 Å². The van der Waals surface area contributed by atoms with Crippen LogP contribution in [0.4, 0.5) is 4.39 Å². The van der Waals surface area contributed by atoms with Crippen LogP contribution in [0, 0.1) is 35.0 Å². The van der Waals surface area contributed by atoms with Gasteiger partial charge in [-0.15, -0.1) is 0 Å². The summed E-state index contributed by atoms with van der Waals surface area (Å²) in [5.41, 5.74) is 0. The average Bonchev–Trinajstić information content (AvgIpc) is 2.61. The number of hydrogen-bond acceptors (Lipinski definition) is 1. The van der Waals surface area contributed by atoms with Gasteiger partial charge in [0, 0.05) is 0 Å². The zero-order valence-electron chi connectivity index (χ0n) is 14.4. The molecule has 1 nitrogen and oxygen atoms in total. The van der Waals surface area contributed by atoms with Crippen molar-refractivity contribution in [1.82, 2.24) is 0 Å². The van der Waals surface area contributed by atoms with Gasteiger partial charge in [0.1, 0.15) is 6.07 Å². The molecule has 0 heterocycles. The first-order chi connectivity index (χ1) is 11.2.